The Kier molecular flexibility index (Phi) is 5.59. The molecule has 0 spiro atoms. The third-order valence-corrected chi connectivity index (χ3v) is 4.31. The van der Waals surface area contributed by atoms with Crippen LogP contribution >= 0.6 is 0 Å². The van der Waals surface area contributed by atoms with Crippen LogP contribution in [0.25, 0.3) is 0 Å². The molecule has 0 bridgehead atoms. The highest BCUT2D eigenvalue weighted by Crippen LogP contribution is 2.18. The van der Waals surface area contributed by atoms with Crippen molar-refractivity contribution in [2.75, 3.05) is 19.8 Å². The highest BCUT2D eigenvalue weighted by Gasteiger charge is 2.21. The zero-order valence-electron chi connectivity index (χ0n) is 15.2. The van der Waals surface area contributed by atoms with Crippen LogP contribution in [0.3, 0.4) is 0 Å². The number of benzene rings is 1. The summed E-state index contributed by atoms with van der Waals surface area (Å²) < 4.78 is 30.2. The number of aryl methyl sites for hydroxylation is 1. The van der Waals surface area contributed by atoms with Crippen LogP contribution in [-0.2, 0) is 25.5 Å². The van der Waals surface area contributed by atoms with Crippen LogP contribution in [0, 0.1) is 19.7 Å². The molecule has 1 aromatic carbocycles. The molecule has 2 heterocycles. The van der Waals surface area contributed by atoms with Crippen LogP contribution in [0.4, 0.5) is 4.39 Å². The number of carbonyl (C=O) groups excluding carboxylic acids is 2. The van der Waals surface area contributed by atoms with Crippen LogP contribution in [0.15, 0.2) is 42.4 Å². The minimum absolute atomic E-state index is 0.0455. The van der Waals surface area contributed by atoms with Gasteiger partial charge in [-0.05, 0) is 37.6 Å². The molecule has 0 N–H and O–H groups in total. The van der Waals surface area contributed by atoms with Crippen LogP contribution in [0.1, 0.15) is 27.3 Å². The summed E-state index contributed by atoms with van der Waals surface area (Å²) in [5.74, 6) is -1.38. The number of nitrogens with zero attached hydrogens (tertiary/aromatic N) is 1. The van der Waals surface area contributed by atoms with Gasteiger partial charge in [0, 0.05) is 23.5 Å². The molecule has 0 radical (unpaired) electrons. The molecule has 0 saturated heterocycles. The first kappa shape index (κ1) is 18.7. The predicted molar refractivity (Wildman–Crippen MR) is 94.7 cm³/mol. The zero-order chi connectivity index (χ0) is 19.4. The maximum atomic E-state index is 13.1. The fourth-order valence-electron chi connectivity index (χ4n) is 2.85. The molecule has 1 aliphatic rings. The number of hydrogen-bond acceptors (Lipinski definition) is 5. The van der Waals surface area contributed by atoms with E-state index >= 15 is 0 Å². The van der Waals surface area contributed by atoms with Crippen molar-refractivity contribution in [1.29, 1.82) is 0 Å². The van der Waals surface area contributed by atoms with Gasteiger partial charge in [-0.2, -0.15) is 0 Å². The summed E-state index contributed by atoms with van der Waals surface area (Å²) in [5, 5.41) is 0. The zero-order valence-corrected chi connectivity index (χ0v) is 15.2. The summed E-state index contributed by atoms with van der Waals surface area (Å²) in [6.45, 7) is 4.47. The van der Waals surface area contributed by atoms with Crippen LogP contribution in [-0.4, -0.2) is 36.1 Å². The molecule has 1 aliphatic heterocycles. The van der Waals surface area contributed by atoms with E-state index in [1.165, 1.54) is 18.4 Å². The number of rotatable bonds is 6. The molecule has 0 amide bonds. The van der Waals surface area contributed by atoms with Crippen LogP contribution < -0.4 is 0 Å². The fourth-order valence-corrected chi connectivity index (χ4v) is 2.85. The van der Waals surface area contributed by atoms with Crippen molar-refractivity contribution in [2.45, 2.75) is 20.4 Å². The van der Waals surface area contributed by atoms with E-state index in [0.29, 0.717) is 18.7 Å². The molecule has 0 fully saturated rings. The first-order valence-electron chi connectivity index (χ1n) is 8.52. The number of ketones is 1. The maximum Gasteiger partial charge on any atom is 0.377 e. The van der Waals surface area contributed by atoms with E-state index in [1.54, 1.807) is 18.2 Å². The molecule has 27 heavy (non-hydrogen) atoms. The van der Waals surface area contributed by atoms with E-state index < -0.39 is 5.97 Å². The van der Waals surface area contributed by atoms with Crippen molar-refractivity contribution >= 4 is 11.8 Å². The first-order chi connectivity index (χ1) is 13.0. The van der Waals surface area contributed by atoms with E-state index in [9.17, 15) is 14.0 Å². The summed E-state index contributed by atoms with van der Waals surface area (Å²) in [6.07, 6.45) is 1.19. The summed E-state index contributed by atoms with van der Waals surface area (Å²) >= 11 is 0. The number of aromatic nitrogens is 1. The van der Waals surface area contributed by atoms with Gasteiger partial charge in [0.2, 0.25) is 11.5 Å². The Balaban J connectivity index is 1.67. The lowest BCUT2D eigenvalue weighted by Crippen LogP contribution is -2.20. The predicted octanol–water partition coefficient (Wildman–Crippen LogP) is 2.91. The van der Waals surface area contributed by atoms with Crippen molar-refractivity contribution in [1.82, 2.24) is 4.57 Å². The molecule has 6 nitrogen and oxygen atoms in total. The van der Waals surface area contributed by atoms with Crippen LogP contribution in [0.2, 0.25) is 0 Å². The molecule has 7 heteroatoms. The molecule has 0 saturated carbocycles. The van der Waals surface area contributed by atoms with E-state index in [0.717, 1.165) is 17.0 Å². The molecular weight excluding hydrogens is 353 g/mol. The second-order valence-electron chi connectivity index (χ2n) is 6.20. The maximum absolute atomic E-state index is 13.1. The van der Waals surface area contributed by atoms with Crippen molar-refractivity contribution in [3.05, 3.63) is 70.7 Å². The van der Waals surface area contributed by atoms with E-state index in [4.69, 9.17) is 14.2 Å². The molecular formula is C20H20FNO5. The second-order valence-corrected chi connectivity index (χ2v) is 6.20. The van der Waals surface area contributed by atoms with Crippen molar-refractivity contribution < 1.29 is 28.2 Å². The average molecular weight is 373 g/mol. The highest BCUT2D eigenvalue weighted by molar-refractivity contribution is 6.00. The van der Waals surface area contributed by atoms with Gasteiger partial charge in [-0.1, -0.05) is 12.1 Å². The van der Waals surface area contributed by atoms with Gasteiger partial charge in [-0.15, -0.1) is 0 Å². The topological polar surface area (TPSA) is 66.8 Å². The first-order valence-corrected chi connectivity index (χ1v) is 8.52. The van der Waals surface area contributed by atoms with Gasteiger partial charge in [-0.3, -0.25) is 4.79 Å². The monoisotopic (exact) mass is 373 g/mol. The Hall–Kier alpha value is -3.09. The van der Waals surface area contributed by atoms with Gasteiger partial charge in [0.1, 0.15) is 25.3 Å². The standard InChI is InChI=1S/C20H20FNO5/c1-13-9-17(14(2)22(13)10-15-3-5-16(21)6-4-15)18(23)11-27-20(24)19-12-25-7-8-26-19/h3-6,9,12H,7-8,10-11H2,1-2H3. The third-order valence-electron chi connectivity index (χ3n) is 4.31. The Morgan fingerprint density at radius 3 is 2.59 bits per heavy atom. The molecule has 2 aromatic rings. The summed E-state index contributed by atoms with van der Waals surface area (Å²) in [6, 6.07) is 7.98. The van der Waals surface area contributed by atoms with Crippen LogP contribution in [0.5, 0.6) is 0 Å². The van der Waals surface area contributed by atoms with Crippen molar-refractivity contribution in [2.24, 2.45) is 0 Å². The lowest BCUT2D eigenvalue weighted by atomic mass is 10.1. The highest BCUT2D eigenvalue weighted by atomic mass is 19.1. The van der Waals surface area contributed by atoms with Gasteiger partial charge in [0.25, 0.3) is 0 Å². The number of carbonyl (C=O) groups is 2. The van der Waals surface area contributed by atoms with Crippen molar-refractivity contribution in [3.8, 4) is 0 Å². The molecule has 3 rings (SSSR count). The fraction of sp³-hybridized carbons (Fsp3) is 0.300. The van der Waals surface area contributed by atoms with Crippen molar-refractivity contribution in [3.63, 3.8) is 0 Å². The van der Waals surface area contributed by atoms with Gasteiger partial charge < -0.3 is 18.8 Å². The van der Waals surface area contributed by atoms with Gasteiger partial charge >= 0.3 is 5.97 Å². The summed E-state index contributed by atoms with van der Waals surface area (Å²) in [7, 11) is 0. The number of halogens is 1. The third kappa shape index (κ3) is 4.36. The normalized spacial score (nSPS) is 13.4. The van der Waals surface area contributed by atoms with E-state index in [1.807, 2.05) is 18.4 Å². The Morgan fingerprint density at radius 2 is 1.93 bits per heavy atom. The molecule has 142 valence electrons. The SMILES string of the molecule is Cc1cc(C(=O)COC(=O)C2=COCCO2)c(C)n1Cc1ccc(F)cc1. The minimum atomic E-state index is -0.733. The second kappa shape index (κ2) is 8.07. The largest absolute Gasteiger partial charge is 0.493 e. The number of esters is 1. The minimum Gasteiger partial charge on any atom is -0.493 e. The molecule has 0 unspecified atom stereocenters. The van der Waals surface area contributed by atoms with E-state index in [2.05, 4.69) is 0 Å². The summed E-state index contributed by atoms with van der Waals surface area (Å²) in [5.41, 5.74) is 3.05. The Bertz CT molecular complexity index is 883. The number of hydrogen-bond donors (Lipinski definition) is 0. The number of Topliss-reactive ketones (excluding diaryl/α,β-unsaturated/α-hetero) is 1. The Labute approximate surface area is 156 Å². The Morgan fingerprint density at radius 1 is 1.19 bits per heavy atom. The lowest BCUT2D eigenvalue weighted by Gasteiger charge is -2.14. The smallest absolute Gasteiger partial charge is 0.377 e. The average Bonchev–Trinajstić information content (AvgIpc) is 2.96. The molecule has 1 aromatic heterocycles. The molecule has 0 aliphatic carbocycles. The quantitative estimate of drug-likeness (QED) is 0.575. The number of ether oxygens (including phenoxy) is 3. The summed E-state index contributed by atoms with van der Waals surface area (Å²) in [4.78, 5) is 24.4. The van der Waals surface area contributed by atoms with E-state index in [-0.39, 0.29) is 30.6 Å². The lowest BCUT2D eigenvalue weighted by molar-refractivity contribution is -0.143. The van der Waals surface area contributed by atoms with Gasteiger partial charge in [-0.25, -0.2) is 9.18 Å². The van der Waals surface area contributed by atoms with Gasteiger partial charge in [0.15, 0.2) is 6.61 Å². The van der Waals surface area contributed by atoms with Gasteiger partial charge in [0.05, 0.1) is 0 Å². The molecule has 0 atom stereocenters.